The molecule has 0 aliphatic carbocycles. The Labute approximate surface area is 314 Å². The van der Waals surface area contributed by atoms with Crippen LogP contribution in [0.1, 0.15) is 27.8 Å². The normalized spacial score (nSPS) is 10.7. The van der Waals surface area contributed by atoms with Crippen LogP contribution in [0.2, 0.25) is 0 Å². The number of aromatic nitrogens is 2. The summed E-state index contributed by atoms with van der Waals surface area (Å²) in [5, 5.41) is 0. The van der Waals surface area contributed by atoms with E-state index in [1.54, 1.807) is 0 Å². The van der Waals surface area contributed by atoms with E-state index in [0.29, 0.717) is 0 Å². The van der Waals surface area contributed by atoms with E-state index in [2.05, 4.69) is 186 Å². The fourth-order valence-corrected chi connectivity index (χ4v) is 6.99. The van der Waals surface area contributed by atoms with E-state index in [1.165, 1.54) is 55.6 Å². The summed E-state index contributed by atoms with van der Waals surface area (Å²) < 4.78 is 0. The van der Waals surface area contributed by atoms with E-state index in [4.69, 9.17) is 9.97 Å². The highest BCUT2D eigenvalue weighted by molar-refractivity contribution is 5.82. The van der Waals surface area contributed by atoms with Crippen molar-refractivity contribution in [1.82, 2.24) is 9.97 Å². The number of rotatable bonds is 6. The molecule has 1 aromatic heterocycles. The summed E-state index contributed by atoms with van der Waals surface area (Å²) in [5.74, 6) is 0.746. The summed E-state index contributed by atoms with van der Waals surface area (Å²) in [6, 6.07) is 61.6. The zero-order valence-corrected chi connectivity index (χ0v) is 31.1. The van der Waals surface area contributed by atoms with E-state index < -0.39 is 0 Å². The summed E-state index contributed by atoms with van der Waals surface area (Å²) in [5.41, 5.74) is 19.1. The van der Waals surface area contributed by atoms with Gasteiger partial charge in [0.25, 0.3) is 0 Å². The topological polar surface area (TPSA) is 25.8 Å². The van der Waals surface area contributed by atoms with Crippen molar-refractivity contribution in [3.63, 3.8) is 0 Å². The van der Waals surface area contributed by atoms with Gasteiger partial charge >= 0.3 is 0 Å². The minimum atomic E-state index is 0.746. The third-order valence-corrected chi connectivity index (χ3v) is 9.92. The van der Waals surface area contributed by atoms with Crippen molar-refractivity contribution in [2.24, 2.45) is 0 Å². The molecule has 0 spiro atoms. The quantitative estimate of drug-likeness (QED) is 0.174. The van der Waals surface area contributed by atoms with E-state index in [9.17, 15) is 0 Å². The summed E-state index contributed by atoms with van der Waals surface area (Å²) in [6.45, 7) is 10.8. The Bertz CT molecular complexity index is 2480. The molecule has 53 heavy (non-hydrogen) atoms. The van der Waals surface area contributed by atoms with Crippen LogP contribution in [0.15, 0.2) is 176 Å². The van der Waals surface area contributed by atoms with Gasteiger partial charge < -0.3 is 0 Å². The summed E-state index contributed by atoms with van der Waals surface area (Å²) in [7, 11) is 0. The predicted octanol–water partition coefficient (Wildman–Crippen LogP) is 13.7. The van der Waals surface area contributed by atoms with Gasteiger partial charge in [0, 0.05) is 22.3 Å². The Balaban J connectivity index is 0.000000186. The molecule has 0 atom stereocenters. The van der Waals surface area contributed by atoms with Gasteiger partial charge in [0.05, 0.1) is 11.4 Å². The van der Waals surface area contributed by atoms with Crippen molar-refractivity contribution in [2.45, 2.75) is 34.6 Å². The second kappa shape index (κ2) is 15.9. The second-order valence-corrected chi connectivity index (χ2v) is 13.7. The first-order chi connectivity index (χ1) is 25.9. The van der Waals surface area contributed by atoms with Crippen molar-refractivity contribution < 1.29 is 0 Å². The molecule has 0 saturated heterocycles. The van der Waals surface area contributed by atoms with Crippen LogP contribution in [0, 0.1) is 34.6 Å². The molecule has 2 nitrogen and oxygen atoms in total. The first kappa shape index (κ1) is 35.0. The van der Waals surface area contributed by atoms with Crippen molar-refractivity contribution in [1.29, 1.82) is 0 Å². The molecule has 8 aromatic rings. The van der Waals surface area contributed by atoms with Gasteiger partial charge in [-0.25, -0.2) is 9.97 Å². The highest BCUT2D eigenvalue weighted by atomic mass is 14.9. The predicted molar refractivity (Wildman–Crippen MR) is 225 cm³/mol. The summed E-state index contributed by atoms with van der Waals surface area (Å²) in [6.07, 6.45) is 0. The SMILES string of the molecule is Cc1cccc(-c2cccc(-c3nc(-c4ccccc4)nc(-c4ccccc4)c3C)c2C)c1.Cc1ccccc1-c1cc(-c2ccccc2)ccc1C. The zero-order chi connectivity index (χ0) is 36.7. The first-order valence-corrected chi connectivity index (χ1v) is 18.3. The van der Waals surface area contributed by atoms with E-state index in [1.807, 2.05) is 24.3 Å². The van der Waals surface area contributed by atoms with E-state index in [0.717, 1.165) is 39.5 Å². The van der Waals surface area contributed by atoms with Gasteiger partial charge in [-0.05, 0) is 90.8 Å². The minimum Gasteiger partial charge on any atom is -0.228 e. The van der Waals surface area contributed by atoms with Gasteiger partial charge in [-0.3, -0.25) is 0 Å². The van der Waals surface area contributed by atoms with Crippen LogP contribution in [-0.4, -0.2) is 9.97 Å². The van der Waals surface area contributed by atoms with Gasteiger partial charge in [-0.1, -0.05) is 175 Å². The number of nitrogens with zero attached hydrogens (tertiary/aromatic N) is 2. The number of benzene rings is 7. The molecule has 8 rings (SSSR count). The number of hydrogen-bond acceptors (Lipinski definition) is 2. The van der Waals surface area contributed by atoms with Crippen molar-refractivity contribution in [3.8, 4) is 67.3 Å². The van der Waals surface area contributed by atoms with Crippen LogP contribution < -0.4 is 0 Å². The minimum absolute atomic E-state index is 0.746. The number of hydrogen-bond donors (Lipinski definition) is 0. The maximum Gasteiger partial charge on any atom is 0.160 e. The van der Waals surface area contributed by atoms with E-state index in [-0.39, 0.29) is 0 Å². The monoisotopic (exact) mass is 684 g/mol. The molecule has 0 aliphatic rings. The molecule has 0 amide bonds. The molecular weight excluding hydrogens is 641 g/mol. The lowest BCUT2D eigenvalue weighted by atomic mass is 9.92. The average molecular weight is 685 g/mol. The maximum atomic E-state index is 5.10. The Kier molecular flexibility index (Phi) is 10.5. The average Bonchev–Trinajstić information content (AvgIpc) is 3.20. The third kappa shape index (κ3) is 7.78. The van der Waals surface area contributed by atoms with E-state index >= 15 is 0 Å². The fourth-order valence-electron chi connectivity index (χ4n) is 6.99. The lowest BCUT2D eigenvalue weighted by molar-refractivity contribution is 1.14. The zero-order valence-electron chi connectivity index (χ0n) is 31.1. The largest absolute Gasteiger partial charge is 0.228 e. The molecular formula is C51H44N2. The number of aryl methyl sites for hydroxylation is 3. The molecule has 0 unspecified atom stereocenters. The van der Waals surface area contributed by atoms with Crippen molar-refractivity contribution in [2.75, 3.05) is 0 Å². The van der Waals surface area contributed by atoms with Gasteiger partial charge in [0.15, 0.2) is 5.82 Å². The molecule has 0 fully saturated rings. The highest BCUT2D eigenvalue weighted by Crippen LogP contribution is 2.37. The first-order valence-electron chi connectivity index (χ1n) is 18.3. The molecule has 0 radical (unpaired) electrons. The molecule has 0 aliphatic heterocycles. The molecule has 0 bridgehead atoms. The van der Waals surface area contributed by atoms with Crippen molar-refractivity contribution in [3.05, 3.63) is 204 Å². The maximum absolute atomic E-state index is 5.10. The fraction of sp³-hybridized carbons (Fsp3) is 0.0980. The van der Waals surface area contributed by atoms with Crippen LogP contribution >= 0.6 is 0 Å². The molecule has 2 heteroatoms. The van der Waals surface area contributed by atoms with Crippen LogP contribution in [0.25, 0.3) is 67.3 Å². The second-order valence-electron chi connectivity index (χ2n) is 13.7. The highest BCUT2D eigenvalue weighted by Gasteiger charge is 2.18. The molecule has 7 aromatic carbocycles. The summed E-state index contributed by atoms with van der Waals surface area (Å²) >= 11 is 0. The standard InChI is InChI=1S/C31H26N2.C20H18/c1-21-12-10-17-26(20-21)27-18-11-19-28(22(27)2)30-23(3)29(24-13-6-4-7-14-24)32-31(33-30)25-15-8-5-9-16-25;1-15-8-6-7-11-19(15)20-14-18(13-12-16(20)2)17-9-4-3-5-10-17/h4-20H,1-3H3;3-14H,1-2H3. The third-order valence-electron chi connectivity index (χ3n) is 9.92. The van der Waals surface area contributed by atoms with Gasteiger partial charge in [-0.15, -0.1) is 0 Å². The van der Waals surface area contributed by atoms with Crippen LogP contribution in [0.3, 0.4) is 0 Å². The van der Waals surface area contributed by atoms with Crippen LogP contribution in [-0.2, 0) is 0 Å². The lowest BCUT2D eigenvalue weighted by Crippen LogP contribution is -2.01. The Morgan fingerprint density at radius 3 is 1.51 bits per heavy atom. The summed E-state index contributed by atoms with van der Waals surface area (Å²) in [4.78, 5) is 10.1. The lowest BCUT2D eigenvalue weighted by Gasteiger charge is -2.17. The van der Waals surface area contributed by atoms with Crippen LogP contribution in [0.5, 0.6) is 0 Å². The Morgan fingerprint density at radius 1 is 0.302 bits per heavy atom. The Hall–Kier alpha value is -6.38. The molecule has 258 valence electrons. The van der Waals surface area contributed by atoms with Crippen molar-refractivity contribution >= 4 is 0 Å². The molecule has 0 N–H and O–H groups in total. The van der Waals surface area contributed by atoms with Gasteiger partial charge in [-0.2, -0.15) is 0 Å². The smallest absolute Gasteiger partial charge is 0.160 e. The Morgan fingerprint density at radius 2 is 0.830 bits per heavy atom. The van der Waals surface area contributed by atoms with Gasteiger partial charge in [0.2, 0.25) is 0 Å². The molecule has 0 saturated carbocycles. The molecule has 1 heterocycles. The van der Waals surface area contributed by atoms with Crippen LogP contribution in [0.4, 0.5) is 0 Å². The van der Waals surface area contributed by atoms with Gasteiger partial charge in [0.1, 0.15) is 0 Å².